The van der Waals surface area contributed by atoms with E-state index in [9.17, 15) is 4.79 Å². The number of halogens is 1. The lowest BCUT2D eigenvalue weighted by Gasteiger charge is -2.35. The third-order valence-corrected chi connectivity index (χ3v) is 5.04. The summed E-state index contributed by atoms with van der Waals surface area (Å²) in [5.74, 6) is 0.231. The molecule has 2 aliphatic heterocycles. The lowest BCUT2D eigenvalue weighted by Crippen LogP contribution is -2.44. The first-order chi connectivity index (χ1) is 13.2. The number of anilines is 3. The van der Waals surface area contributed by atoms with Gasteiger partial charge in [-0.15, -0.1) is 12.4 Å². The molecular formula is C22H18ClN3O2. The van der Waals surface area contributed by atoms with Crippen LogP contribution in [0.3, 0.4) is 0 Å². The highest BCUT2D eigenvalue weighted by molar-refractivity contribution is 6.17. The minimum absolute atomic E-state index is 0. The van der Waals surface area contributed by atoms with Crippen LogP contribution in [0.2, 0.25) is 0 Å². The Hall–Kier alpha value is -3.31. The Bertz CT molecular complexity index is 1280. The van der Waals surface area contributed by atoms with Crippen molar-refractivity contribution in [2.45, 2.75) is 6.92 Å². The molecule has 0 aliphatic carbocycles. The summed E-state index contributed by atoms with van der Waals surface area (Å²) in [7, 11) is 0. The number of nitrogens with zero attached hydrogens (tertiary/aromatic N) is 2. The largest absolute Gasteiger partial charge is 0.419 e. The molecule has 3 heterocycles. The Balaban J connectivity index is 0.00000192. The van der Waals surface area contributed by atoms with Crippen molar-refractivity contribution in [2.24, 2.45) is 0 Å². The van der Waals surface area contributed by atoms with Gasteiger partial charge in [0.1, 0.15) is 5.69 Å². The van der Waals surface area contributed by atoms with E-state index in [4.69, 9.17) is 9.83 Å². The summed E-state index contributed by atoms with van der Waals surface area (Å²) in [5.41, 5.74) is 2.15. The molecule has 6 heteroatoms. The van der Waals surface area contributed by atoms with Crippen LogP contribution in [0.5, 0.6) is 0 Å². The molecule has 5 nitrogen and oxygen atoms in total. The summed E-state index contributed by atoms with van der Waals surface area (Å²) in [5, 5.41) is 12.0. The Morgan fingerprint density at radius 2 is 1.71 bits per heavy atom. The Morgan fingerprint density at radius 3 is 2.54 bits per heavy atom. The van der Waals surface area contributed by atoms with Crippen molar-refractivity contribution in [3.8, 4) is 0 Å². The van der Waals surface area contributed by atoms with Crippen LogP contribution in [0.15, 0.2) is 75.9 Å². The fourth-order valence-electron chi connectivity index (χ4n) is 3.81. The number of para-hydroxylation sites is 1. The predicted octanol–water partition coefficient (Wildman–Crippen LogP) is 5.28. The zero-order valence-electron chi connectivity index (χ0n) is 15.2. The highest BCUT2D eigenvalue weighted by Crippen LogP contribution is 2.38. The van der Waals surface area contributed by atoms with Gasteiger partial charge in [0.15, 0.2) is 5.58 Å². The average molecular weight is 392 g/mol. The van der Waals surface area contributed by atoms with Crippen molar-refractivity contribution in [2.75, 3.05) is 16.3 Å². The fraction of sp³-hybridized carbons (Fsp3) is 0.0909. The maximum Gasteiger partial charge on any atom is 0.360 e. The Labute approximate surface area is 167 Å². The number of rotatable bonds is 2. The number of benzene rings is 3. The van der Waals surface area contributed by atoms with Crippen LogP contribution < -0.4 is 15.4 Å². The molecule has 2 aliphatic rings. The predicted molar refractivity (Wildman–Crippen MR) is 117 cm³/mol. The maximum absolute atomic E-state index is 12.3. The molecule has 0 atom stereocenters. The quantitative estimate of drug-likeness (QED) is 0.287. The van der Waals surface area contributed by atoms with Gasteiger partial charge in [-0.1, -0.05) is 48.5 Å². The van der Waals surface area contributed by atoms with Crippen molar-refractivity contribution >= 4 is 57.2 Å². The molecular weight excluding hydrogens is 374 g/mol. The van der Waals surface area contributed by atoms with Crippen molar-refractivity contribution < 1.29 is 4.42 Å². The van der Waals surface area contributed by atoms with Gasteiger partial charge in [-0.2, -0.15) is 0 Å². The third kappa shape index (κ3) is 2.47. The van der Waals surface area contributed by atoms with Gasteiger partial charge in [-0.3, -0.25) is 10.3 Å². The van der Waals surface area contributed by atoms with Gasteiger partial charge in [-0.25, -0.2) is 4.79 Å². The molecule has 1 aromatic heterocycles. The Kier molecular flexibility index (Phi) is 4.32. The Morgan fingerprint density at radius 1 is 1.00 bits per heavy atom. The van der Waals surface area contributed by atoms with Crippen LogP contribution in [-0.2, 0) is 0 Å². The molecule has 0 unspecified atom stereocenters. The smallest absolute Gasteiger partial charge is 0.360 e. The van der Waals surface area contributed by atoms with Crippen molar-refractivity contribution in [1.29, 1.82) is 5.41 Å². The summed E-state index contributed by atoms with van der Waals surface area (Å²) in [4.78, 5) is 15.9. The van der Waals surface area contributed by atoms with E-state index in [-0.39, 0.29) is 18.4 Å². The standard InChI is InChI=1S/C22H17N3O2.ClH/c1-2-24(17-11-5-8-14-7-3-4-10-16(14)17)22(23)25-18-12-6-9-15-13-19(25)21(26)27-20(15)18;/h3-13,23H,2H2,1H3;1H. The molecule has 4 bridgehead atoms. The van der Waals surface area contributed by atoms with E-state index in [1.807, 2.05) is 54.3 Å². The van der Waals surface area contributed by atoms with Gasteiger partial charge in [0.25, 0.3) is 0 Å². The molecule has 0 amide bonds. The second kappa shape index (κ2) is 6.69. The van der Waals surface area contributed by atoms with Crippen molar-refractivity contribution in [3.05, 3.63) is 77.2 Å². The zero-order valence-corrected chi connectivity index (χ0v) is 16.0. The second-order valence-corrected chi connectivity index (χ2v) is 6.52. The molecule has 0 radical (unpaired) electrons. The van der Waals surface area contributed by atoms with Gasteiger partial charge in [0, 0.05) is 17.3 Å². The summed E-state index contributed by atoms with van der Waals surface area (Å²) in [6.07, 6.45) is 0. The first kappa shape index (κ1) is 18.1. The van der Waals surface area contributed by atoms with Crippen LogP contribution in [0.25, 0.3) is 21.7 Å². The third-order valence-electron chi connectivity index (χ3n) is 5.04. The summed E-state index contributed by atoms with van der Waals surface area (Å²) in [6.45, 7) is 2.60. The van der Waals surface area contributed by atoms with E-state index in [1.165, 1.54) is 0 Å². The average Bonchev–Trinajstić information content (AvgIpc) is 2.68. The van der Waals surface area contributed by atoms with Crippen LogP contribution in [0.1, 0.15) is 6.92 Å². The first-order valence-corrected chi connectivity index (χ1v) is 8.90. The lowest BCUT2D eigenvalue weighted by atomic mass is 10.1. The van der Waals surface area contributed by atoms with Crippen molar-refractivity contribution in [1.82, 2.24) is 0 Å². The number of guanidine groups is 1. The summed E-state index contributed by atoms with van der Waals surface area (Å²) in [6, 6.07) is 21.7. The molecule has 3 aromatic carbocycles. The fourth-order valence-corrected chi connectivity index (χ4v) is 3.81. The maximum atomic E-state index is 12.3. The lowest BCUT2D eigenvalue weighted by molar-refractivity contribution is 0.555. The van der Waals surface area contributed by atoms with Gasteiger partial charge in [-0.05, 0) is 30.5 Å². The number of fused-ring (bicyclic) bond motifs is 2. The van der Waals surface area contributed by atoms with Crippen LogP contribution in [-0.4, -0.2) is 12.5 Å². The number of hydrogen-bond donors (Lipinski definition) is 1. The molecule has 4 aromatic rings. The normalized spacial score (nSPS) is 11.8. The number of nitrogens with one attached hydrogen (secondary N) is 1. The van der Waals surface area contributed by atoms with E-state index in [0.717, 1.165) is 27.5 Å². The van der Waals surface area contributed by atoms with E-state index < -0.39 is 5.63 Å². The summed E-state index contributed by atoms with van der Waals surface area (Å²) >= 11 is 0. The van der Waals surface area contributed by atoms with Gasteiger partial charge >= 0.3 is 5.63 Å². The van der Waals surface area contributed by atoms with Crippen LogP contribution in [0, 0.1) is 5.41 Å². The number of hydrogen-bond acceptors (Lipinski definition) is 3. The highest BCUT2D eigenvalue weighted by Gasteiger charge is 2.31. The molecule has 1 N–H and O–H groups in total. The van der Waals surface area contributed by atoms with E-state index in [1.54, 1.807) is 11.0 Å². The SMILES string of the molecule is CCN(C(=N)N1c2cc3cccc1c3oc2=O)c1cccc2ccccc12.Cl. The minimum Gasteiger partial charge on any atom is -0.419 e. The summed E-state index contributed by atoms with van der Waals surface area (Å²) < 4.78 is 5.42. The van der Waals surface area contributed by atoms with Gasteiger partial charge in [0.05, 0.1) is 11.4 Å². The molecule has 6 rings (SSSR count). The first-order valence-electron chi connectivity index (χ1n) is 8.90. The molecule has 0 saturated carbocycles. The second-order valence-electron chi connectivity index (χ2n) is 6.52. The molecule has 0 saturated heterocycles. The van der Waals surface area contributed by atoms with Crippen LogP contribution in [0.4, 0.5) is 17.1 Å². The molecule has 28 heavy (non-hydrogen) atoms. The highest BCUT2D eigenvalue weighted by atomic mass is 35.5. The molecule has 0 spiro atoms. The minimum atomic E-state index is -0.417. The molecule has 140 valence electrons. The van der Waals surface area contributed by atoms with Gasteiger partial charge in [0.2, 0.25) is 5.96 Å². The van der Waals surface area contributed by atoms with Crippen LogP contribution >= 0.6 is 12.4 Å². The van der Waals surface area contributed by atoms with Crippen molar-refractivity contribution in [3.63, 3.8) is 0 Å². The van der Waals surface area contributed by atoms with E-state index in [2.05, 4.69) is 18.2 Å². The topological polar surface area (TPSA) is 60.5 Å². The van der Waals surface area contributed by atoms with Gasteiger partial charge < -0.3 is 9.32 Å². The van der Waals surface area contributed by atoms with E-state index in [0.29, 0.717) is 17.8 Å². The van der Waals surface area contributed by atoms with E-state index >= 15 is 0 Å². The monoisotopic (exact) mass is 391 g/mol. The zero-order chi connectivity index (χ0) is 18.5. The molecule has 0 fully saturated rings.